The van der Waals surface area contributed by atoms with Crippen LogP contribution in [0.25, 0.3) is 10.8 Å². The molecule has 0 bridgehead atoms. The number of benzene rings is 2. The first-order valence-electron chi connectivity index (χ1n) is 8.82. The van der Waals surface area contributed by atoms with Gasteiger partial charge in [0.1, 0.15) is 5.75 Å². The third kappa shape index (κ3) is 4.87. The zero-order valence-electron chi connectivity index (χ0n) is 15.7. The number of nitrogens with one attached hydrogen (secondary N) is 1. The lowest BCUT2D eigenvalue weighted by molar-refractivity contribution is -0.132. The maximum Gasteiger partial charge on any atom is 0.236 e. The summed E-state index contributed by atoms with van der Waals surface area (Å²) in [5, 5.41) is 5.66. The number of carbonyl (C=O) groups is 1. The number of halogens is 1. The van der Waals surface area contributed by atoms with E-state index in [9.17, 15) is 4.79 Å². The Morgan fingerprint density at radius 2 is 2.00 bits per heavy atom. The highest BCUT2D eigenvalue weighted by molar-refractivity contribution is 5.85. The number of methoxy groups -OCH3 is 1. The molecule has 1 atom stereocenters. The quantitative estimate of drug-likeness (QED) is 0.869. The Kier molecular flexibility index (Phi) is 7.26. The Hall–Kier alpha value is -1.82. The molecule has 1 N–H and O–H groups in total. The van der Waals surface area contributed by atoms with Gasteiger partial charge in [-0.1, -0.05) is 18.2 Å². The zero-order chi connectivity index (χ0) is 17.8. The van der Waals surface area contributed by atoms with E-state index in [1.165, 1.54) is 0 Å². The molecule has 0 aliphatic carbocycles. The molecular formula is C20H28ClN3O2. The molecule has 0 aromatic heterocycles. The van der Waals surface area contributed by atoms with Crippen molar-refractivity contribution in [1.29, 1.82) is 0 Å². The number of piperazine rings is 1. The predicted molar refractivity (Wildman–Crippen MR) is 108 cm³/mol. The molecule has 1 fully saturated rings. The summed E-state index contributed by atoms with van der Waals surface area (Å²) >= 11 is 0. The number of rotatable bonds is 5. The smallest absolute Gasteiger partial charge is 0.236 e. The summed E-state index contributed by atoms with van der Waals surface area (Å²) in [6.07, 6.45) is 0. The SMILES string of the molecule is COc1ccc2cc(CN(C)C(=O)CN3CCNC[C@H]3C)ccc2c1.Cl. The van der Waals surface area contributed by atoms with Gasteiger partial charge in [-0.05, 0) is 41.5 Å². The molecule has 6 heteroatoms. The van der Waals surface area contributed by atoms with E-state index in [1.54, 1.807) is 7.11 Å². The second-order valence-electron chi connectivity index (χ2n) is 6.82. The van der Waals surface area contributed by atoms with Gasteiger partial charge in [0.05, 0.1) is 13.7 Å². The largest absolute Gasteiger partial charge is 0.497 e. The molecule has 5 nitrogen and oxygen atoms in total. The van der Waals surface area contributed by atoms with Gasteiger partial charge in [0.15, 0.2) is 0 Å². The molecule has 0 spiro atoms. The second-order valence-corrected chi connectivity index (χ2v) is 6.82. The number of ether oxygens (including phenoxy) is 1. The predicted octanol–water partition coefficient (Wildman–Crippen LogP) is 2.52. The lowest BCUT2D eigenvalue weighted by Gasteiger charge is -2.34. The minimum Gasteiger partial charge on any atom is -0.497 e. The Labute approximate surface area is 161 Å². The van der Waals surface area contributed by atoms with Crippen LogP contribution < -0.4 is 10.1 Å². The van der Waals surface area contributed by atoms with E-state index in [0.29, 0.717) is 19.1 Å². The number of likely N-dealkylation sites (N-methyl/N-ethyl adjacent to an activating group) is 1. The van der Waals surface area contributed by atoms with Crippen LogP contribution in [0.5, 0.6) is 5.75 Å². The van der Waals surface area contributed by atoms with Crippen molar-refractivity contribution in [3.05, 3.63) is 42.0 Å². The summed E-state index contributed by atoms with van der Waals surface area (Å²) in [4.78, 5) is 16.6. The number of hydrogen-bond acceptors (Lipinski definition) is 4. The summed E-state index contributed by atoms with van der Waals surface area (Å²) in [7, 11) is 3.56. The van der Waals surface area contributed by atoms with Crippen LogP contribution in [-0.4, -0.2) is 62.1 Å². The summed E-state index contributed by atoms with van der Waals surface area (Å²) in [5.41, 5.74) is 1.14. The van der Waals surface area contributed by atoms with Crippen LogP contribution in [-0.2, 0) is 11.3 Å². The number of hydrogen-bond donors (Lipinski definition) is 1. The molecular weight excluding hydrogens is 350 g/mol. The van der Waals surface area contributed by atoms with Gasteiger partial charge in [-0.2, -0.15) is 0 Å². The minimum atomic E-state index is 0. The van der Waals surface area contributed by atoms with Gasteiger partial charge < -0.3 is 15.0 Å². The van der Waals surface area contributed by atoms with Crippen LogP contribution in [0.2, 0.25) is 0 Å². The topological polar surface area (TPSA) is 44.8 Å². The third-order valence-electron chi connectivity index (χ3n) is 4.93. The fourth-order valence-electron chi connectivity index (χ4n) is 3.27. The summed E-state index contributed by atoms with van der Waals surface area (Å²) in [6.45, 7) is 6.11. The number of carbonyl (C=O) groups excluding carboxylic acids is 1. The molecule has 1 saturated heterocycles. The van der Waals surface area contributed by atoms with E-state index in [0.717, 1.165) is 41.7 Å². The molecule has 0 unspecified atom stereocenters. The van der Waals surface area contributed by atoms with Crippen LogP contribution in [0.1, 0.15) is 12.5 Å². The molecule has 0 saturated carbocycles. The van der Waals surface area contributed by atoms with Crippen molar-refractivity contribution in [2.24, 2.45) is 0 Å². The average Bonchev–Trinajstić information content (AvgIpc) is 2.63. The van der Waals surface area contributed by atoms with Gasteiger partial charge in [-0.3, -0.25) is 9.69 Å². The number of nitrogens with zero attached hydrogens (tertiary/aromatic N) is 2. The molecule has 2 aromatic rings. The van der Waals surface area contributed by atoms with Crippen LogP contribution >= 0.6 is 12.4 Å². The summed E-state index contributed by atoms with van der Waals surface area (Å²) in [5.74, 6) is 1.03. The fraction of sp³-hybridized carbons (Fsp3) is 0.450. The van der Waals surface area contributed by atoms with Crippen molar-refractivity contribution in [2.45, 2.75) is 19.5 Å². The van der Waals surface area contributed by atoms with Crippen molar-refractivity contribution in [2.75, 3.05) is 40.3 Å². The molecule has 1 aliphatic rings. The van der Waals surface area contributed by atoms with Crippen molar-refractivity contribution < 1.29 is 9.53 Å². The van der Waals surface area contributed by atoms with E-state index in [-0.39, 0.29) is 18.3 Å². The molecule has 0 radical (unpaired) electrons. The lowest BCUT2D eigenvalue weighted by atomic mass is 10.1. The Morgan fingerprint density at radius 3 is 2.73 bits per heavy atom. The first-order valence-corrected chi connectivity index (χ1v) is 8.82. The van der Waals surface area contributed by atoms with Crippen LogP contribution in [0.4, 0.5) is 0 Å². The maximum atomic E-state index is 12.6. The van der Waals surface area contributed by atoms with Gasteiger partial charge in [-0.15, -0.1) is 12.4 Å². The standard InChI is InChI=1S/C20H27N3O2.ClH/c1-15-12-21-8-9-23(15)14-20(24)22(2)13-16-4-5-18-11-19(25-3)7-6-17(18)10-16;/h4-7,10-11,15,21H,8-9,12-14H2,1-3H3;1H/t15-;/m1./s1. The van der Waals surface area contributed by atoms with Crippen LogP contribution in [0.15, 0.2) is 36.4 Å². The molecule has 3 rings (SSSR count). The van der Waals surface area contributed by atoms with Crippen molar-refractivity contribution in [3.63, 3.8) is 0 Å². The van der Waals surface area contributed by atoms with E-state index >= 15 is 0 Å². The van der Waals surface area contributed by atoms with E-state index < -0.39 is 0 Å². The fourth-order valence-corrected chi connectivity index (χ4v) is 3.27. The van der Waals surface area contributed by atoms with Crippen molar-refractivity contribution in [1.82, 2.24) is 15.1 Å². The summed E-state index contributed by atoms with van der Waals surface area (Å²) < 4.78 is 5.27. The molecule has 142 valence electrons. The van der Waals surface area contributed by atoms with Crippen molar-refractivity contribution in [3.8, 4) is 5.75 Å². The molecule has 26 heavy (non-hydrogen) atoms. The van der Waals surface area contributed by atoms with Gasteiger partial charge in [0, 0.05) is 39.3 Å². The first kappa shape index (κ1) is 20.5. The molecule has 1 aliphatic heterocycles. The molecule has 1 amide bonds. The van der Waals surface area contributed by atoms with Crippen LogP contribution in [0, 0.1) is 0 Å². The van der Waals surface area contributed by atoms with Crippen molar-refractivity contribution >= 4 is 29.1 Å². The van der Waals surface area contributed by atoms with Gasteiger partial charge in [0.25, 0.3) is 0 Å². The van der Waals surface area contributed by atoms with Gasteiger partial charge in [0.2, 0.25) is 5.91 Å². The number of fused-ring (bicyclic) bond motifs is 1. The normalized spacial score (nSPS) is 17.6. The zero-order valence-corrected chi connectivity index (χ0v) is 16.5. The average molecular weight is 378 g/mol. The highest BCUT2D eigenvalue weighted by Crippen LogP contribution is 2.22. The Bertz CT molecular complexity index is 753. The highest BCUT2D eigenvalue weighted by Gasteiger charge is 2.21. The highest BCUT2D eigenvalue weighted by atomic mass is 35.5. The van der Waals surface area contributed by atoms with E-state index in [1.807, 2.05) is 24.1 Å². The monoisotopic (exact) mass is 377 g/mol. The lowest BCUT2D eigenvalue weighted by Crippen LogP contribution is -2.52. The Balaban J connectivity index is 0.00000243. The maximum absolute atomic E-state index is 12.6. The van der Waals surface area contributed by atoms with E-state index in [4.69, 9.17) is 4.74 Å². The minimum absolute atomic E-state index is 0. The van der Waals surface area contributed by atoms with Gasteiger partial charge >= 0.3 is 0 Å². The molecule has 2 aromatic carbocycles. The van der Waals surface area contributed by atoms with Crippen LogP contribution in [0.3, 0.4) is 0 Å². The second kappa shape index (κ2) is 9.21. The van der Waals surface area contributed by atoms with E-state index in [2.05, 4.69) is 41.4 Å². The first-order chi connectivity index (χ1) is 12.1. The third-order valence-corrected chi connectivity index (χ3v) is 4.93. The molecule has 1 heterocycles. The van der Waals surface area contributed by atoms with Gasteiger partial charge in [-0.25, -0.2) is 0 Å². The number of amides is 1. The Morgan fingerprint density at radius 1 is 1.27 bits per heavy atom. The summed E-state index contributed by atoms with van der Waals surface area (Å²) in [6, 6.07) is 12.8.